The van der Waals surface area contributed by atoms with E-state index in [-0.39, 0.29) is 22.2 Å². The highest BCUT2D eigenvalue weighted by molar-refractivity contribution is 9.10. The first kappa shape index (κ1) is 21.8. The number of carbonyl (C=O) groups is 1. The van der Waals surface area contributed by atoms with E-state index in [0.717, 1.165) is 11.8 Å². The highest BCUT2D eigenvalue weighted by Crippen LogP contribution is 2.22. The number of nitrogens with one attached hydrogen (secondary N) is 1. The van der Waals surface area contributed by atoms with Gasteiger partial charge in [-0.2, -0.15) is 4.31 Å². The average molecular weight is 476 g/mol. The van der Waals surface area contributed by atoms with E-state index in [2.05, 4.69) is 26.2 Å². The van der Waals surface area contributed by atoms with Gasteiger partial charge >= 0.3 is 0 Å². The number of benzene rings is 1. The van der Waals surface area contributed by atoms with Crippen LogP contribution in [0.15, 0.2) is 50.9 Å². The summed E-state index contributed by atoms with van der Waals surface area (Å²) >= 11 is 4.28. The van der Waals surface area contributed by atoms with Crippen molar-refractivity contribution in [3.05, 3.63) is 46.8 Å². The van der Waals surface area contributed by atoms with Crippen LogP contribution < -0.4 is 5.32 Å². The van der Waals surface area contributed by atoms with Gasteiger partial charge in [0.05, 0.1) is 16.5 Å². The molecule has 6 nitrogen and oxygen atoms in total. The van der Waals surface area contributed by atoms with Gasteiger partial charge in [-0.05, 0) is 30.3 Å². The zero-order chi connectivity index (χ0) is 20.0. The summed E-state index contributed by atoms with van der Waals surface area (Å²) in [6, 6.07) is 7.37. The Labute approximate surface area is 170 Å². The number of aromatic nitrogens is 1. The Morgan fingerprint density at radius 1 is 1.26 bits per heavy atom. The molecule has 27 heavy (non-hydrogen) atoms. The van der Waals surface area contributed by atoms with Crippen molar-refractivity contribution in [1.82, 2.24) is 9.29 Å². The smallest absolute Gasteiger partial charge is 0.244 e. The number of carbonyl (C=O) groups excluding carboxylic acids is 1. The Balaban J connectivity index is 1.97. The standard InChI is InChI=1S/C17H19BrFN3O3S2/c1-3-22(4-2)27(24,25)13-6-8-17(20-10-13)26-11-16(23)21-15-7-5-12(18)9-14(15)19/h5-10H,3-4,11H2,1-2H3,(H,21,23). The van der Waals surface area contributed by atoms with Crippen LogP contribution in [-0.2, 0) is 14.8 Å². The molecule has 1 aromatic carbocycles. The minimum Gasteiger partial charge on any atom is -0.323 e. The summed E-state index contributed by atoms with van der Waals surface area (Å²) < 4.78 is 40.5. The molecular weight excluding hydrogens is 457 g/mol. The van der Waals surface area contributed by atoms with Gasteiger partial charge in [-0.1, -0.05) is 41.5 Å². The maximum atomic E-state index is 13.7. The van der Waals surface area contributed by atoms with Crippen LogP contribution in [0.4, 0.5) is 10.1 Å². The Hall–Kier alpha value is -1.49. The molecule has 0 atom stereocenters. The lowest BCUT2D eigenvalue weighted by atomic mass is 10.3. The number of rotatable bonds is 8. The van der Waals surface area contributed by atoms with E-state index in [1.807, 2.05) is 0 Å². The van der Waals surface area contributed by atoms with E-state index in [1.54, 1.807) is 26.0 Å². The molecule has 0 aliphatic carbocycles. The van der Waals surface area contributed by atoms with Gasteiger partial charge in [0.2, 0.25) is 15.9 Å². The number of pyridine rings is 1. The fourth-order valence-corrected chi connectivity index (χ4v) is 4.61. The third kappa shape index (κ3) is 5.74. The van der Waals surface area contributed by atoms with Crippen LogP contribution in [0.25, 0.3) is 0 Å². The first-order chi connectivity index (χ1) is 12.8. The molecule has 0 fully saturated rings. The molecule has 0 saturated heterocycles. The number of hydrogen-bond acceptors (Lipinski definition) is 5. The predicted octanol–water partition coefficient (Wildman–Crippen LogP) is 3.74. The number of sulfonamides is 1. The van der Waals surface area contributed by atoms with Crippen LogP contribution in [0.3, 0.4) is 0 Å². The Bertz CT molecular complexity index is 904. The van der Waals surface area contributed by atoms with E-state index in [0.29, 0.717) is 22.6 Å². The SMILES string of the molecule is CCN(CC)S(=O)(=O)c1ccc(SCC(=O)Nc2ccc(Br)cc2F)nc1. The molecule has 0 radical (unpaired) electrons. The van der Waals surface area contributed by atoms with Crippen molar-refractivity contribution >= 4 is 49.3 Å². The summed E-state index contributed by atoms with van der Waals surface area (Å²) in [6.07, 6.45) is 1.28. The number of hydrogen-bond donors (Lipinski definition) is 1. The maximum absolute atomic E-state index is 13.7. The van der Waals surface area contributed by atoms with Crippen molar-refractivity contribution in [3.8, 4) is 0 Å². The third-order valence-electron chi connectivity index (χ3n) is 3.61. The summed E-state index contributed by atoms with van der Waals surface area (Å²) in [7, 11) is -3.56. The average Bonchev–Trinajstić information content (AvgIpc) is 2.63. The predicted molar refractivity (Wildman–Crippen MR) is 108 cm³/mol. The molecule has 2 rings (SSSR count). The van der Waals surface area contributed by atoms with Crippen LogP contribution in [-0.4, -0.2) is 42.5 Å². The van der Waals surface area contributed by atoms with Crippen LogP contribution >= 0.6 is 27.7 Å². The fraction of sp³-hybridized carbons (Fsp3) is 0.294. The minimum absolute atomic E-state index is 0.0185. The van der Waals surface area contributed by atoms with E-state index >= 15 is 0 Å². The molecule has 0 spiro atoms. The topological polar surface area (TPSA) is 79.4 Å². The molecule has 2 aromatic rings. The number of halogens is 2. The highest BCUT2D eigenvalue weighted by Gasteiger charge is 2.21. The second kappa shape index (κ2) is 9.63. The van der Waals surface area contributed by atoms with Crippen LogP contribution in [0, 0.1) is 5.82 Å². The normalized spacial score (nSPS) is 11.6. The van der Waals surface area contributed by atoms with Gasteiger partial charge < -0.3 is 5.32 Å². The number of amides is 1. The lowest BCUT2D eigenvalue weighted by Crippen LogP contribution is -2.30. The molecular formula is C17H19BrFN3O3S2. The van der Waals surface area contributed by atoms with Crippen molar-refractivity contribution in [2.75, 3.05) is 24.2 Å². The molecule has 0 aliphatic rings. The molecule has 0 aliphatic heterocycles. The van der Waals surface area contributed by atoms with Crippen molar-refractivity contribution in [2.45, 2.75) is 23.8 Å². The minimum atomic E-state index is -3.56. The van der Waals surface area contributed by atoms with E-state index < -0.39 is 15.8 Å². The van der Waals surface area contributed by atoms with Crippen molar-refractivity contribution in [1.29, 1.82) is 0 Å². The van der Waals surface area contributed by atoms with Crippen LogP contribution in [0.5, 0.6) is 0 Å². The Morgan fingerprint density at radius 3 is 2.52 bits per heavy atom. The third-order valence-corrected chi connectivity index (χ3v) is 7.08. The lowest BCUT2D eigenvalue weighted by Gasteiger charge is -2.18. The van der Waals surface area contributed by atoms with E-state index in [4.69, 9.17) is 0 Å². The second-order valence-corrected chi connectivity index (χ2v) is 9.23. The van der Waals surface area contributed by atoms with E-state index in [1.165, 1.54) is 28.7 Å². The number of thioether (sulfide) groups is 1. The number of nitrogens with zero attached hydrogens (tertiary/aromatic N) is 2. The molecule has 0 saturated carbocycles. The zero-order valence-corrected chi connectivity index (χ0v) is 18.0. The molecule has 1 amide bonds. The second-order valence-electron chi connectivity index (χ2n) is 5.38. The molecule has 0 bridgehead atoms. The van der Waals surface area contributed by atoms with Gasteiger partial charge in [0, 0.05) is 23.8 Å². The van der Waals surface area contributed by atoms with Crippen LogP contribution in [0.1, 0.15) is 13.8 Å². The van der Waals surface area contributed by atoms with Gasteiger partial charge in [-0.25, -0.2) is 17.8 Å². The summed E-state index contributed by atoms with van der Waals surface area (Å²) in [5.41, 5.74) is 0.0948. The summed E-state index contributed by atoms with van der Waals surface area (Å²) in [6.45, 7) is 4.29. The van der Waals surface area contributed by atoms with Gasteiger partial charge in [-0.15, -0.1) is 0 Å². The molecule has 10 heteroatoms. The first-order valence-electron chi connectivity index (χ1n) is 8.11. The maximum Gasteiger partial charge on any atom is 0.244 e. The summed E-state index contributed by atoms with van der Waals surface area (Å²) in [5.74, 6) is -0.903. The fourth-order valence-electron chi connectivity index (χ4n) is 2.23. The van der Waals surface area contributed by atoms with Crippen molar-refractivity contribution in [3.63, 3.8) is 0 Å². The Kier molecular flexibility index (Phi) is 7.78. The molecule has 0 unspecified atom stereocenters. The molecule has 1 N–H and O–H groups in total. The number of anilines is 1. The van der Waals surface area contributed by atoms with Gasteiger partial charge in [0.1, 0.15) is 10.7 Å². The largest absolute Gasteiger partial charge is 0.323 e. The lowest BCUT2D eigenvalue weighted by molar-refractivity contribution is -0.113. The van der Waals surface area contributed by atoms with Crippen molar-refractivity contribution in [2.24, 2.45) is 0 Å². The zero-order valence-electron chi connectivity index (χ0n) is 14.8. The first-order valence-corrected chi connectivity index (χ1v) is 11.3. The van der Waals surface area contributed by atoms with Gasteiger partial charge in [0.25, 0.3) is 0 Å². The summed E-state index contributed by atoms with van der Waals surface area (Å²) in [5, 5.41) is 2.99. The quantitative estimate of drug-likeness (QED) is 0.588. The highest BCUT2D eigenvalue weighted by atomic mass is 79.9. The summed E-state index contributed by atoms with van der Waals surface area (Å²) in [4.78, 5) is 16.2. The molecule has 146 valence electrons. The van der Waals surface area contributed by atoms with Gasteiger partial charge in [-0.3, -0.25) is 4.79 Å². The monoisotopic (exact) mass is 475 g/mol. The van der Waals surface area contributed by atoms with Crippen LogP contribution in [0.2, 0.25) is 0 Å². The van der Waals surface area contributed by atoms with E-state index in [9.17, 15) is 17.6 Å². The van der Waals surface area contributed by atoms with Crippen molar-refractivity contribution < 1.29 is 17.6 Å². The molecule has 1 aromatic heterocycles. The Morgan fingerprint density at radius 2 is 1.96 bits per heavy atom. The van der Waals surface area contributed by atoms with Gasteiger partial charge in [0.15, 0.2) is 0 Å². The molecule has 1 heterocycles.